The zero-order valence-corrected chi connectivity index (χ0v) is 12.6. The quantitative estimate of drug-likeness (QED) is 0.628. The maximum Gasteiger partial charge on any atom is 0.193 e. The number of rotatable bonds is 4. The third kappa shape index (κ3) is 2.14. The van der Waals surface area contributed by atoms with Gasteiger partial charge in [0.2, 0.25) is 0 Å². The molecule has 21 heavy (non-hydrogen) atoms. The molecule has 0 fully saturated rings. The van der Waals surface area contributed by atoms with Gasteiger partial charge in [-0.3, -0.25) is 4.40 Å². The topological polar surface area (TPSA) is 34.3 Å². The predicted molar refractivity (Wildman–Crippen MR) is 86.9 cm³/mol. The average Bonchev–Trinajstić information content (AvgIpc) is 3.15. The van der Waals surface area contributed by atoms with Crippen molar-refractivity contribution in [1.29, 1.82) is 0 Å². The van der Waals surface area contributed by atoms with Gasteiger partial charge in [0.05, 0.1) is 12.2 Å². The van der Waals surface area contributed by atoms with E-state index >= 15 is 0 Å². The summed E-state index contributed by atoms with van der Waals surface area (Å²) in [7, 11) is 1.98. The van der Waals surface area contributed by atoms with E-state index in [1.165, 1.54) is 16.5 Å². The van der Waals surface area contributed by atoms with Crippen LogP contribution in [0.1, 0.15) is 11.3 Å². The first kappa shape index (κ1) is 12.6. The van der Waals surface area contributed by atoms with Crippen LogP contribution in [0.2, 0.25) is 0 Å². The van der Waals surface area contributed by atoms with E-state index in [4.69, 9.17) is 0 Å². The van der Waals surface area contributed by atoms with Crippen LogP contribution >= 0.6 is 11.3 Å². The van der Waals surface area contributed by atoms with Crippen LogP contribution in [0.3, 0.4) is 0 Å². The van der Waals surface area contributed by atoms with Crippen molar-refractivity contribution in [2.75, 3.05) is 7.05 Å². The molecule has 4 nitrogen and oxygen atoms in total. The van der Waals surface area contributed by atoms with E-state index in [1.54, 1.807) is 11.3 Å². The van der Waals surface area contributed by atoms with Gasteiger partial charge >= 0.3 is 0 Å². The second kappa shape index (κ2) is 5.02. The number of thiazole rings is 1. The molecular weight excluding hydrogens is 280 g/mol. The number of nitrogens with one attached hydrogen (secondary N) is 1. The highest BCUT2D eigenvalue weighted by atomic mass is 32.1. The summed E-state index contributed by atoms with van der Waals surface area (Å²) in [6.45, 7) is 1.68. The van der Waals surface area contributed by atoms with E-state index in [0.29, 0.717) is 0 Å². The molecule has 106 valence electrons. The molecule has 0 amide bonds. The normalized spacial score (nSPS) is 11.7. The first-order chi connectivity index (χ1) is 10.3. The Bertz CT molecular complexity index is 871. The monoisotopic (exact) mass is 296 g/mol. The summed E-state index contributed by atoms with van der Waals surface area (Å²) >= 11 is 1.67. The SMILES string of the molecule is CNCc1cn(Cc2cn3ccsc3n2)c2ccccc12. The molecule has 1 N–H and O–H groups in total. The van der Waals surface area contributed by atoms with Gasteiger partial charge in [-0.25, -0.2) is 4.98 Å². The molecule has 0 aliphatic carbocycles. The fourth-order valence-electron chi connectivity index (χ4n) is 2.81. The molecule has 4 aromatic rings. The van der Waals surface area contributed by atoms with Gasteiger partial charge in [0.1, 0.15) is 0 Å². The number of benzene rings is 1. The molecule has 1 aromatic carbocycles. The van der Waals surface area contributed by atoms with Gasteiger partial charge in [-0.15, -0.1) is 11.3 Å². The van der Waals surface area contributed by atoms with Crippen molar-refractivity contribution in [2.45, 2.75) is 13.1 Å². The molecule has 3 aromatic heterocycles. The zero-order valence-electron chi connectivity index (χ0n) is 11.8. The molecular formula is C16H16N4S. The van der Waals surface area contributed by atoms with Gasteiger partial charge in [0, 0.05) is 41.4 Å². The molecule has 0 spiro atoms. The lowest BCUT2D eigenvalue weighted by Crippen LogP contribution is -2.04. The minimum absolute atomic E-state index is 0.804. The van der Waals surface area contributed by atoms with Crippen molar-refractivity contribution in [3.63, 3.8) is 0 Å². The first-order valence-electron chi connectivity index (χ1n) is 6.97. The third-order valence-electron chi connectivity index (χ3n) is 3.71. The second-order valence-electron chi connectivity index (χ2n) is 5.15. The lowest BCUT2D eigenvalue weighted by Gasteiger charge is -2.01. The predicted octanol–water partition coefficient (Wildman–Crippen LogP) is 3.12. The van der Waals surface area contributed by atoms with Crippen LogP contribution in [0.25, 0.3) is 15.9 Å². The maximum atomic E-state index is 4.68. The van der Waals surface area contributed by atoms with Crippen molar-refractivity contribution in [1.82, 2.24) is 19.3 Å². The highest BCUT2D eigenvalue weighted by Gasteiger charge is 2.09. The third-order valence-corrected chi connectivity index (χ3v) is 4.48. The largest absolute Gasteiger partial charge is 0.341 e. The number of hydrogen-bond acceptors (Lipinski definition) is 3. The Labute approximate surface area is 126 Å². The minimum Gasteiger partial charge on any atom is -0.341 e. The minimum atomic E-state index is 0.804. The van der Waals surface area contributed by atoms with Crippen LogP contribution in [0.15, 0.2) is 48.2 Å². The molecule has 0 aliphatic rings. The van der Waals surface area contributed by atoms with Crippen molar-refractivity contribution in [2.24, 2.45) is 0 Å². The highest BCUT2D eigenvalue weighted by Crippen LogP contribution is 2.22. The summed E-state index contributed by atoms with van der Waals surface area (Å²) in [5, 5.41) is 6.61. The average molecular weight is 296 g/mol. The fourth-order valence-corrected chi connectivity index (χ4v) is 3.53. The van der Waals surface area contributed by atoms with Crippen molar-refractivity contribution in [3.05, 3.63) is 59.5 Å². The number of para-hydroxylation sites is 1. The van der Waals surface area contributed by atoms with E-state index in [9.17, 15) is 0 Å². The van der Waals surface area contributed by atoms with Gasteiger partial charge in [0.15, 0.2) is 4.96 Å². The van der Waals surface area contributed by atoms with E-state index < -0.39 is 0 Å². The molecule has 5 heteroatoms. The molecule has 0 aliphatic heterocycles. The summed E-state index contributed by atoms with van der Waals surface area (Å²) in [5.74, 6) is 0. The molecule has 0 saturated heterocycles. The molecule has 0 unspecified atom stereocenters. The summed E-state index contributed by atoms with van der Waals surface area (Å²) in [5.41, 5.74) is 3.69. The van der Waals surface area contributed by atoms with Crippen LogP contribution < -0.4 is 5.32 Å². The van der Waals surface area contributed by atoms with Gasteiger partial charge in [-0.05, 0) is 18.7 Å². The van der Waals surface area contributed by atoms with E-state index in [1.807, 2.05) is 7.05 Å². The Morgan fingerprint density at radius 3 is 3.00 bits per heavy atom. The number of imidazole rings is 1. The van der Waals surface area contributed by atoms with Crippen LogP contribution in [0.5, 0.6) is 0 Å². The molecule has 0 saturated carbocycles. The number of aromatic nitrogens is 3. The highest BCUT2D eigenvalue weighted by molar-refractivity contribution is 7.15. The molecule has 0 radical (unpaired) electrons. The fraction of sp³-hybridized carbons (Fsp3) is 0.188. The van der Waals surface area contributed by atoms with Crippen molar-refractivity contribution >= 4 is 27.2 Å². The van der Waals surface area contributed by atoms with Gasteiger partial charge in [-0.1, -0.05) is 18.2 Å². The van der Waals surface area contributed by atoms with Crippen LogP contribution in [-0.2, 0) is 13.1 Å². The van der Waals surface area contributed by atoms with E-state index in [-0.39, 0.29) is 0 Å². The van der Waals surface area contributed by atoms with E-state index in [0.717, 1.165) is 23.7 Å². The van der Waals surface area contributed by atoms with Crippen molar-refractivity contribution in [3.8, 4) is 0 Å². The maximum absolute atomic E-state index is 4.68. The van der Waals surface area contributed by atoms with Crippen LogP contribution in [0, 0.1) is 0 Å². The number of fused-ring (bicyclic) bond motifs is 2. The molecule has 3 heterocycles. The molecule has 0 bridgehead atoms. The molecule has 4 rings (SSSR count). The van der Waals surface area contributed by atoms with Gasteiger partial charge in [-0.2, -0.15) is 0 Å². The van der Waals surface area contributed by atoms with Crippen LogP contribution in [0.4, 0.5) is 0 Å². The van der Waals surface area contributed by atoms with Crippen LogP contribution in [-0.4, -0.2) is 21.0 Å². The van der Waals surface area contributed by atoms with E-state index in [2.05, 4.69) is 67.5 Å². The Morgan fingerprint density at radius 2 is 2.14 bits per heavy atom. The Kier molecular flexibility index (Phi) is 3.02. The summed E-state index contributed by atoms with van der Waals surface area (Å²) < 4.78 is 4.37. The van der Waals surface area contributed by atoms with Crippen molar-refractivity contribution < 1.29 is 0 Å². The second-order valence-corrected chi connectivity index (χ2v) is 6.03. The Hall–Kier alpha value is -2.11. The summed E-state index contributed by atoms with van der Waals surface area (Å²) in [4.78, 5) is 5.73. The standard InChI is InChI=1S/C16H16N4S/c1-17-8-12-9-20(15-5-3-2-4-14(12)15)11-13-10-19-6-7-21-16(19)18-13/h2-7,9-10,17H,8,11H2,1H3. The summed E-state index contributed by atoms with van der Waals surface area (Å²) in [6, 6.07) is 8.54. The lowest BCUT2D eigenvalue weighted by molar-refractivity contribution is 0.786. The zero-order chi connectivity index (χ0) is 14.2. The smallest absolute Gasteiger partial charge is 0.193 e. The van der Waals surface area contributed by atoms with Gasteiger partial charge < -0.3 is 9.88 Å². The Balaban J connectivity index is 1.77. The Morgan fingerprint density at radius 1 is 1.24 bits per heavy atom. The number of hydrogen-bond donors (Lipinski definition) is 1. The first-order valence-corrected chi connectivity index (χ1v) is 7.85. The summed E-state index contributed by atoms with van der Waals surface area (Å²) in [6.07, 6.45) is 6.39. The lowest BCUT2D eigenvalue weighted by atomic mass is 10.2. The number of nitrogens with zero attached hydrogens (tertiary/aromatic N) is 3. The van der Waals surface area contributed by atoms with Gasteiger partial charge in [0.25, 0.3) is 0 Å². The molecule has 0 atom stereocenters.